The first-order valence-electron chi connectivity index (χ1n) is 8.60. The minimum Gasteiger partial charge on any atom is -0.465 e. The SMILES string of the molecule is COC(=O)c1c(F)cccc1-c1ccc(CNC(=O)c2cccc(Br)c2)c(F)c1. The van der Waals surface area contributed by atoms with Crippen LogP contribution in [0, 0.1) is 11.6 Å². The molecule has 0 bridgehead atoms. The zero-order chi connectivity index (χ0) is 21.0. The van der Waals surface area contributed by atoms with Gasteiger partial charge >= 0.3 is 5.97 Å². The standard InChI is InChI=1S/C22H16BrF2NO3/c1-29-22(28)20-17(6-3-7-18(20)24)13-8-9-15(19(25)11-13)12-26-21(27)14-4-2-5-16(23)10-14/h2-11H,12H2,1H3,(H,26,27). The molecule has 0 spiro atoms. The molecule has 0 fully saturated rings. The van der Waals surface area contributed by atoms with Gasteiger partial charge in [-0.15, -0.1) is 0 Å². The number of rotatable bonds is 5. The van der Waals surface area contributed by atoms with Crippen LogP contribution in [0.2, 0.25) is 0 Å². The van der Waals surface area contributed by atoms with E-state index in [1.54, 1.807) is 30.3 Å². The number of hydrogen-bond acceptors (Lipinski definition) is 3. The number of halogens is 3. The van der Waals surface area contributed by atoms with Gasteiger partial charge in [0.25, 0.3) is 5.91 Å². The molecule has 148 valence electrons. The molecule has 4 nitrogen and oxygen atoms in total. The van der Waals surface area contributed by atoms with Crippen LogP contribution in [0.3, 0.4) is 0 Å². The summed E-state index contributed by atoms with van der Waals surface area (Å²) in [6.07, 6.45) is 0. The highest BCUT2D eigenvalue weighted by molar-refractivity contribution is 9.10. The van der Waals surface area contributed by atoms with Crippen LogP contribution in [-0.4, -0.2) is 19.0 Å². The van der Waals surface area contributed by atoms with Gasteiger partial charge in [0, 0.05) is 22.1 Å². The Kier molecular flexibility index (Phi) is 6.39. The predicted octanol–water partition coefficient (Wildman–Crippen LogP) is 5.11. The quantitative estimate of drug-likeness (QED) is 0.539. The van der Waals surface area contributed by atoms with E-state index in [1.165, 1.54) is 24.3 Å². The Morgan fingerprint density at radius 2 is 1.76 bits per heavy atom. The van der Waals surface area contributed by atoms with Gasteiger partial charge in [-0.3, -0.25) is 4.79 Å². The van der Waals surface area contributed by atoms with E-state index in [0.717, 1.165) is 17.6 Å². The first kappa shape index (κ1) is 20.7. The summed E-state index contributed by atoms with van der Waals surface area (Å²) >= 11 is 3.29. The van der Waals surface area contributed by atoms with Crippen LogP contribution < -0.4 is 5.32 Å². The van der Waals surface area contributed by atoms with Crippen molar-refractivity contribution in [2.75, 3.05) is 7.11 Å². The lowest BCUT2D eigenvalue weighted by molar-refractivity contribution is 0.0596. The molecule has 0 aliphatic heterocycles. The Hall–Kier alpha value is -3.06. The van der Waals surface area contributed by atoms with E-state index in [-0.39, 0.29) is 29.1 Å². The molecule has 0 heterocycles. The van der Waals surface area contributed by atoms with E-state index >= 15 is 0 Å². The summed E-state index contributed by atoms with van der Waals surface area (Å²) < 4.78 is 34.1. The molecule has 0 aliphatic rings. The molecule has 29 heavy (non-hydrogen) atoms. The Bertz CT molecular complexity index is 1090. The number of carbonyl (C=O) groups excluding carboxylic acids is 2. The van der Waals surface area contributed by atoms with Crippen molar-refractivity contribution in [3.63, 3.8) is 0 Å². The van der Waals surface area contributed by atoms with Crippen LogP contribution in [0.4, 0.5) is 8.78 Å². The van der Waals surface area contributed by atoms with Crippen molar-refractivity contribution in [1.29, 1.82) is 0 Å². The van der Waals surface area contributed by atoms with Gasteiger partial charge in [-0.05, 0) is 41.5 Å². The molecule has 1 amide bonds. The molecule has 3 aromatic rings. The van der Waals surface area contributed by atoms with Crippen LogP contribution in [0.5, 0.6) is 0 Å². The fraction of sp³-hybridized carbons (Fsp3) is 0.0909. The average Bonchev–Trinajstić information content (AvgIpc) is 2.71. The predicted molar refractivity (Wildman–Crippen MR) is 108 cm³/mol. The van der Waals surface area contributed by atoms with E-state index in [2.05, 4.69) is 26.0 Å². The average molecular weight is 460 g/mol. The summed E-state index contributed by atoms with van der Waals surface area (Å²) in [4.78, 5) is 24.1. The van der Waals surface area contributed by atoms with Crippen molar-refractivity contribution in [1.82, 2.24) is 5.32 Å². The minimum atomic E-state index is -0.844. The number of ether oxygens (including phenoxy) is 1. The van der Waals surface area contributed by atoms with Gasteiger partial charge in [0.15, 0.2) is 0 Å². The highest BCUT2D eigenvalue weighted by Gasteiger charge is 2.19. The normalized spacial score (nSPS) is 10.5. The summed E-state index contributed by atoms with van der Waals surface area (Å²) in [5.74, 6) is -2.52. The van der Waals surface area contributed by atoms with Crippen molar-refractivity contribution >= 4 is 27.8 Å². The largest absolute Gasteiger partial charge is 0.465 e. The number of hydrogen-bond donors (Lipinski definition) is 1. The van der Waals surface area contributed by atoms with Crippen molar-refractivity contribution in [2.24, 2.45) is 0 Å². The van der Waals surface area contributed by atoms with Gasteiger partial charge < -0.3 is 10.1 Å². The lowest BCUT2D eigenvalue weighted by atomic mass is 9.98. The molecule has 0 aromatic heterocycles. The number of esters is 1. The Morgan fingerprint density at radius 1 is 1.00 bits per heavy atom. The number of methoxy groups -OCH3 is 1. The summed E-state index contributed by atoms with van der Waals surface area (Å²) in [6.45, 7) is -0.0233. The Labute approximate surface area is 174 Å². The number of carbonyl (C=O) groups is 2. The zero-order valence-corrected chi connectivity index (χ0v) is 16.9. The molecule has 0 radical (unpaired) electrons. The van der Waals surface area contributed by atoms with Crippen LogP contribution >= 0.6 is 15.9 Å². The monoisotopic (exact) mass is 459 g/mol. The van der Waals surface area contributed by atoms with Gasteiger partial charge in [-0.2, -0.15) is 0 Å². The molecular formula is C22H16BrF2NO3. The van der Waals surface area contributed by atoms with Crippen LogP contribution in [0.15, 0.2) is 65.1 Å². The second-order valence-electron chi connectivity index (χ2n) is 6.15. The third-order valence-electron chi connectivity index (χ3n) is 4.29. The number of benzene rings is 3. The highest BCUT2D eigenvalue weighted by atomic mass is 79.9. The summed E-state index contributed by atoms with van der Waals surface area (Å²) in [5, 5.41) is 2.66. The maximum Gasteiger partial charge on any atom is 0.341 e. The van der Waals surface area contributed by atoms with Crippen molar-refractivity contribution in [2.45, 2.75) is 6.54 Å². The Morgan fingerprint density at radius 3 is 2.45 bits per heavy atom. The molecule has 3 aromatic carbocycles. The number of amides is 1. The molecule has 1 N–H and O–H groups in total. The van der Waals surface area contributed by atoms with Crippen molar-refractivity contribution in [3.8, 4) is 11.1 Å². The zero-order valence-electron chi connectivity index (χ0n) is 15.3. The second-order valence-corrected chi connectivity index (χ2v) is 7.07. The molecule has 7 heteroatoms. The third kappa shape index (κ3) is 4.68. The van der Waals surface area contributed by atoms with E-state index in [1.807, 2.05) is 0 Å². The van der Waals surface area contributed by atoms with Gasteiger partial charge in [0.2, 0.25) is 0 Å². The van der Waals surface area contributed by atoms with Crippen molar-refractivity contribution in [3.05, 3.63) is 93.5 Å². The van der Waals surface area contributed by atoms with Gasteiger partial charge in [-0.1, -0.05) is 46.3 Å². The maximum atomic E-state index is 14.6. The van der Waals surface area contributed by atoms with Gasteiger partial charge in [0.1, 0.15) is 17.2 Å². The fourth-order valence-electron chi connectivity index (χ4n) is 2.84. The maximum absolute atomic E-state index is 14.6. The fourth-order valence-corrected chi connectivity index (χ4v) is 3.24. The highest BCUT2D eigenvalue weighted by Crippen LogP contribution is 2.28. The lowest BCUT2D eigenvalue weighted by Crippen LogP contribution is -2.23. The van der Waals surface area contributed by atoms with Crippen LogP contribution in [0.1, 0.15) is 26.3 Å². The molecule has 0 atom stereocenters. The third-order valence-corrected chi connectivity index (χ3v) is 4.79. The molecular weight excluding hydrogens is 444 g/mol. The lowest BCUT2D eigenvalue weighted by Gasteiger charge is -2.11. The first-order valence-corrected chi connectivity index (χ1v) is 9.39. The topological polar surface area (TPSA) is 55.4 Å². The van der Waals surface area contributed by atoms with Gasteiger partial charge in [-0.25, -0.2) is 13.6 Å². The molecule has 0 saturated carbocycles. The van der Waals surface area contributed by atoms with E-state index in [0.29, 0.717) is 11.1 Å². The summed E-state index contributed by atoms with van der Waals surface area (Å²) in [7, 11) is 1.15. The molecule has 0 aliphatic carbocycles. The number of nitrogens with one attached hydrogen (secondary N) is 1. The van der Waals surface area contributed by atoms with E-state index < -0.39 is 17.6 Å². The second kappa shape index (κ2) is 8.96. The summed E-state index contributed by atoms with van der Waals surface area (Å²) in [5.41, 5.74) is 0.988. The van der Waals surface area contributed by atoms with Crippen LogP contribution in [0.25, 0.3) is 11.1 Å². The minimum absolute atomic E-state index is 0.0233. The smallest absolute Gasteiger partial charge is 0.341 e. The van der Waals surface area contributed by atoms with Crippen molar-refractivity contribution < 1.29 is 23.1 Å². The summed E-state index contributed by atoms with van der Waals surface area (Å²) in [6, 6.07) is 15.2. The van der Waals surface area contributed by atoms with Gasteiger partial charge in [0.05, 0.1) is 7.11 Å². The molecule has 3 rings (SSSR count). The molecule has 0 saturated heterocycles. The van der Waals surface area contributed by atoms with E-state index in [4.69, 9.17) is 0 Å². The van der Waals surface area contributed by atoms with Crippen LogP contribution in [-0.2, 0) is 11.3 Å². The first-order chi connectivity index (χ1) is 13.9. The molecule has 0 unspecified atom stereocenters. The van der Waals surface area contributed by atoms with E-state index in [9.17, 15) is 18.4 Å². The Balaban J connectivity index is 1.82.